The van der Waals surface area contributed by atoms with Crippen molar-refractivity contribution in [2.45, 2.75) is 6.92 Å². The SMILES string of the molecule is CCNC(=O)Nc1nc2c(F)c(-c3cnc(N4CCN(CC(=O)O)CC4)nc3)cc(-c3ccccn3)c2s1.[LiH]. The summed E-state index contributed by atoms with van der Waals surface area (Å²) in [5.41, 5.74) is 2.19. The third-order valence-electron chi connectivity index (χ3n) is 6.07. The number of pyridine rings is 1. The van der Waals surface area contributed by atoms with Crippen molar-refractivity contribution in [2.24, 2.45) is 0 Å². The van der Waals surface area contributed by atoms with Gasteiger partial charge in [-0.3, -0.25) is 20.0 Å². The zero-order chi connectivity index (χ0) is 26.6. The van der Waals surface area contributed by atoms with Gasteiger partial charge in [0.25, 0.3) is 0 Å². The Balaban J connectivity index is 0.00000353. The summed E-state index contributed by atoms with van der Waals surface area (Å²) in [5, 5.41) is 14.6. The van der Waals surface area contributed by atoms with Crippen LogP contribution in [-0.4, -0.2) is 100 Å². The van der Waals surface area contributed by atoms with E-state index in [9.17, 15) is 9.59 Å². The first-order chi connectivity index (χ1) is 18.4. The molecule has 0 saturated carbocycles. The zero-order valence-electron chi connectivity index (χ0n) is 20.5. The van der Waals surface area contributed by atoms with Crippen molar-refractivity contribution < 1.29 is 19.1 Å². The monoisotopic (exact) mass is 544 g/mol. The molecule has 0 radical (unpaired) electrons. The van der Waals surface area contributed by atoms with Crippen molar-refractivity contribution in [2.75, 3.05) is 49.5 Å². The Morgan fingerprint density at radius 3 is 2.49 bits per heavy atom. The first-order valence-corrected chi connectivity index (χ1v) is 12.9. The van der Waals surface area contributed by atoms with Gasteiger partial charge in [-0.1, -0.05) is 17.4 Å². The predicted molar refractivity (Wildman–Crippen MR) is 150 cm³/mol. The Hall–Kier alpha value is -3.63. The molecule has 0 unspecified atom stereocenters. The fraction of sp³-hybridized carbons (Fsp3) is 0.280. The number of urea groups is 1. The van der Waals surface area contributed by atoms with E-state index in [0.717, 1.165) is 0 Å². The summed E-state index contributed by atoms with van der Waals surface area (Å²) in [4.78, 5) is 44.6. The molecule has 14 heteroatoms. The zero-order valence-corrected chi connectivity index (χ0v) is 21.3. The third kappa shape index (κ3) is 6.34. The van der Waals surface area contributed by atoms with E-state index in [2.05, 4.69) is 30.6 Å². The Kier molecular flexibility index (Phi) is 9.08. The van der Waals surface area contributed by atoms with Crippen molar-refractivity contribution >= 4 is 63.5 Å². The third-order valence-corrected chi connectivity index (χ3v) is 7.07. The van der Waals surface area contributed by atoms with Gasteiger partial charge in [0.15, 0.2) is 10.9 Å². The molecule has 198 valence electrons. The molecule has 0 spiro atoms. The number of rotatable bonds is 7. The summed E-state index contributed by atoms with van der Waals surface area (Å²) in [7, 11) is 0. The van der Waals surface area contributed by atoms with E-state index in [1.807, 2.05) is 21.9 Å². The number of piperazine rings is 1. The van der Waals surface area contributed by atoms with Crippen LogP contribution in [0, 0.1) is 5.82 Å². The maximum absolute atomic E-state index is 15.8. The molecule has 3 N–H and O–H groups in total. The van der Waals surface area contributed by atoms with Crippen molar-refractivity contribution in [3.05, 3.63) is 48.7 Å². The molecule has 5 rings (SSSR count). The number of amides is 2. The number of fused-ring (bicyclic) bond motifs is 1. The number of aliphatic carboxylic acids is 1. The summed E-state index contributed by atoms with van der Waals surface area (Å²) in [5.74, 6) is -0.897. The first-order valence-electron chi connectivity index (χ1n) is 12.0. The number of carboxylic acids is 1. The summed E-state index contributed by atoms with van der Waals surface area (Å²) in [6.07, 6.45) is 4.80. The number of hydrogen-bond donors (Lipinski definition) is 3. The maximum atomic E-state index is 15.8. The van der Waals surface area contributed by atoms with Crippen molar-refractivity contribution in [3.63, 3.8) is 0 Å². The van der Waals surface area contributed by atoms with Gasteiger partial charge < -0.3 is 15.3 Å². The van der Waals surface area contributed by atoms with Crippen LogP contribution in [0.15, 0.2) is 42.9 Å². The molecule has 1 aliphatic rings. The van der Waals surface area contributed by atoms with E-state index in [-0.39, 0.29) is 41.6 Å². The number of carboxylic acid groups (broad SMARTS) is 1. The van der Waals surface area contributed by atoms with E-state index < -0.39 is 17.8 Å². The minimum absolute atomic E-state index is 0. The van der Waals surface area contributed by atoms with Crippen LogP contribution in [0.25, 0.3) is 32.6 Å². The Morgan fingerprint density at radius 1 is 1.10 bits per heavy atom. The van der Waals surface area contributed by atoms with E-state index in [4.69, 9.17) is 5.11 Å². The van der Waals surface area contributed by atoms with Crippen LogP contribution in [0.5, 0.6) is 0 Å². The number of nitrogens with one attached hydrogen (secondary N) is 2. The standard InChI is InChI=1S/C25H25FN8O3S.Li.H/c1-2-27-24(37)32-25-31-21-20(26)16(11-17(22(21)38-25)18-5-3-4-6-28-18)15-12-29-23(30-13-15)34-9-7-33(8-10-34)14-19(35)36;;/h3-6,11-13H,2,7-10,14H2,1H3,(H,35,36)(H2,27,31,32,37);;. The quantitative estimate of drug-likeness (QED) is 0.300. The molecular weight excluding hydrogens is 518 g/mol. The summed E-state index contributed by atoms with van der Waals surface area (Å²) < 4.78 is 16.4. The number of carbonyl (C=O) groups excluding carboxylic acids is 1. The van der Waals surface area contributed by atoms with Crippen LogP contribution in [0.3, 0.4) is 0 Å². The average Bonchev–Trinajstić information content (AvgIpc) is 3.34. The molecule has 1 aliphatic heterocycles. The Bertz CT molecular complexity index is 1460. The summed E-state index contributed by atoms with van der Waals surface area (Å²) in [6, 6.07) is 6.77. The normalized spacial score (nSPS) is 13.6. The molecule has 0 atom stereocenters. The van der Waals surface area contributed by atoms with E-state index in [1.54, 1.807) is 37.6 Å². The van der Waals surface area contributed by atoms with E-state index in [0.29, 0.717) is 60.2 Å². The number of nitrogens with zero attached hydrogens (tertiary/aromatic N) is 6. The van der Waals surface area contributed by atoms with Crippen LogP contribution < -0.4 is 15.5 Å². The summed E-state index contributed by atoms with van der Waals surface area (Å²) >= 11 is 1.17. The van der Waals surface area contributed by atoms with Gasteiger partial charge in [0.2, 0.25) is 5.95 Å². The van der Waals surface area contributed by atoms with Gasteiger partial charge in [0, 0.05) is 68.0 Å². The van der Waals surface area contributed by atoms with Crippen LogP contribution >= 0.6 is 11.3 Å². The second kappa shape index (κ2) is 12.5. The first kappa shape index (κ1) is 28.4. The number of benzene rings is 1. The van der Waals surface area contributed by atoms with Crippen LogP contribution in [-0.2, 0) is 4.79 Å². The van der Waals surface area contributed by atoms with Gasteiger partial charge in [-0.05, 0) is 25.1 Å². The topological polar surface area (TPSA) is 136 Å². The van der Waals surface area contributed by atoms with Crippen molar-refractivity contribution in [1.29, 1.82) is 0 Å². The number of anilines is 2. The fourth-order valence-electron chi connectivity index (χ4n) is 4.25. The Labute approximate surface area is 239 Å². The number of thiazole rings is 1. The van der Waals surface area contributed by atoms with Crippen LogP contribution in [0.4, 0.5) is 20.3 Å². The van der Waals surface area contributed by atoms with Gasteiger partial charge in [0.05, 0.1) is 16.9 Å². The van der Waals surface area contributed by atoms with Crippen molar-refractivity contribution in [1.82, 2.24) is 30.2 Å². The minimum atomic E-state index is -0.852. The van der Waals surface area contributed by atoms with Gasteiger partial charge in [-0.2, -0.15) is 0 Å². The van der Waals surface area contributed by atoms with Gasteiger partial charge in [-0.25, -0.2) is 24.1 Å². The number of hydrogen-bond acceptors (Lipinski definition) is 9. The van der Waals surface area contributed by atoms with Crippen LogP contribution in [0.2, 0.25) is 0 Å². The molecule has 1 fully saturated rings. The summed E-state index contributed by atoms with van der Waals surface area (Å²) in [6.45, 7) is 4.62. The molecule has 3 aromatic heterocycles. The molecule has 11 nitrogen and oxygen atoms in total. The Morgan fingerprint density at radius 2 is 1.85 bits per heavy atom. The molecule has 39 heavy (non-hydrogen) atoms. The average molecular weight is 545 g/mol. The van der Waals surface area contributed by atoms with Gasteiger partial charge >= 0.3 is 30.9 Å². The molecule has 2 amide bonds. The van der Waals surface area contributed by atoms with Gasteiger partial charge in [0.1, 0.15) is 5.52 Å². The second-order valence-corrected chi connectivity index (χ2v) is 9.61. The van der Waals surface area contributed by atoms with E-state index >= 15 is 4.39 Å². The second-order valence-electron chi connectivity index (χ2n) is 8.61. The van der Waals surface area contributed by atoms with Crippen LogP contribution in [0.1, 0.15) is 6.92 Å². The van der Waals surface area contributed by atoms with Gasteiger partial charge in [-0.15, -0.1) is 0 Å². The van der Waals surface area contributed by atoms with Crippen molar-refractivity contribution in [3.8, 4) is 22.4 Å². The molecular formula is C25H26FLiN8O3S. The molecule has 1 saturated heterocycles. The molecule has 4 heterocycles. The predicted octanol–water partition coefficient (Wildman–Crippen LogP) is 2.65. The molecule has 0 bridgehead atoms. The molecule has 0 aliphatic carbocycles. The van der Waals surface area contributed by atoms with E-state index in [1.165, 1.54) is 11.3 Å². The molecule has 1 aromatic carbocycles. The fourth-order valence-corrected chi connectivity index (χ4v) is 5.23. The number of halogens is 1. The number of carbonyl (C=O) groups is 2. The number of aromatic nitrogens is 4. The molecule has 4 aromatic rings.